The summed E-state index contributed by atoms with van der Waals surface area (Å²) in [6, 6.07) is 6.07. The molecule has 0 heterocycles. The molecule has 0 aromatic heterocycles. The van der Waals surface area contributed by atoms with E-state index >= 15 is 0 Å². The maximum Gasteiger partial charge on any atom is 0.161 e. The molecule has 1 fully saturated rings. The number of hydrogen-bond donors (Lipinski definition) is 2. The number of nitrogen functional groups attached to an aromatic ring is 1. The van der Waals surface area contributed by atoms with Crippen molar-refractivity contribution in [2.24, 2.45) is 0 Å². The van der Waals surface area contributed by atoms with Gasteiger partial charge >= 0.3 is 0 Å². The Labute approximate surface area is 120 Å². The van der Waals surface area contributed by atoms with E-state index in [9.17, 15) is 9.90 Å². The fraction of sp³-hybridized carbons (Fsp3) is 0.562. The molecule has 0 unspecified atom stereocenters. The molecule has 0 spiro atoms. The van der Waals surface area contributed by atoms with Crippen molar-refractivity contribution in [2.45, 2.75) is 45.1 Å². The number of benzene rings is 1. The third-order valence-corrected chi connectivity index (χ3v) is 4.10. The lowest BCUT2D eigenvalue weighted by atomic mass is 9.93. The predicted molar refractivity (Wildman–Crippen MR) is 82.2 cm³/mol. The largest absolute Gasteiger partial charge is 0.398 e. The summed E-state index contributed by atoms with van der Waals surface area (Å²) in [5.41, 5.74) is 8.08. The number of aliphatic hydroxyl groups is 1. The highest BCUT2D eigenvalue weighted by atomic mass is 16.3. The lowest BCUT2D eigenvalue weighted by Gasteiger charge is -2.36. The highest BCUT2D eigenvalue weighted by molar-refractivity contribution is 5.99. The molecule has 4 heteroatoms. The maximum atomic E-state index is 11.4. The molecular weight excluding hydrogens is 252 g/mol. The van der Waals surface area contributed by atoms with Gasteiger partial charge in [0.2, 0.25) is 0 Å². The van der Waals surface area contributed by atoms with E-state index in [1.165, 1.54) is 26.2 Å². The Balaban J connectivity index is 2.24. The molecule has 110 valence electrons. The lowest BCUT2D eigenvalue weighted by Crippen LogP contribution is -2.38. The maximum absolute atomic E-state index is 11.4. The van der Waals surface area contributed by atoms with Crippen LogP contribution in [0.15, 0.2) is 18.2 Å². The van der Waals surface area contributed by atoms with Crippen LogP contribution in [-0.2, 0) is 0 Å². The van der Waals surface area contributed by atoms with Crippen molar-refractivity contribution in [3.05, 3.63) is 23.8 Å². The molecule has 0 bridgehead atoms. The summed E-state index contributed by atoms with van der Waals surface area (Å²) >= 11 is 0. The van der Waals surface area contributed by atoms with Crippen molar-refractivity contribution < 1.29 is 9.90 Å². The molecule has 2 rings (SSSR count). The Hall–Kier alpha value is -1.55. The molecule has 0 saturated heterocycles. The van der Waals surface area contributed by atoms with E-state index in [0.717, 1.165) is 18.5 Å². The van der Waals surface area contributed by atoms with Gasteiger partial charge in [-0.25, -0.2) is 0 Å². The topological polar surface area (TPSA) is 66.6 Å². The van der Waals surface area contributed by atoms with E-state index in [0.29, 0.717) is 23.8 Å². The molecule has 1 aliphatic carbocycles. The van der Waals surface area contributed by atoms with Crippen LogP contribution in [0.1, 0.15) is 49.4 Å². The minimum absolute atomic E-state index is 0.0135. The molecule has 3 N–H and O–H groups in total. The highest BCUT2D eigenvalue weighted by Gasteiger charge is 2.21. The normalized spacial score (nSPS) is 16.1. The van der Waals surface area contributed by atoms with Crippen LogP contribution in [0.5, 0.6) is 0 Å². The van der Waals surface area contributed by atoms with Gasteiger partial charge in [0.15, 0.2) is 5.78 Å². The Bertz CT molecular complexity index is 468. The Morgan fingerprint density at radius 3 is 2.60 bits per heavy atom. The monoisotopic (exact) mass is 276 g/mol. The van der Waals surface area contributed by atoms with Crippen LogP contribution < -0.4 is 10.6 Å². The van der Waals surface area contributed by atoms with E-state index in [1.807, 2.05) is 12.1 Å². The molecule has 1 saturated carbocycles. The standard InChI is InChI=1S/C16H24N2O2/c1-12(20)15-8-7-14(11-16(15)17)18(9-10-19)13-5-3-2-4-6-13/h7-8,11,13,19H,2-6,9-10,17H2,1H3. The number of hydrogen-bond acceptors (Lipinski definition) is 4. The summed E-state index contributed by atoms with van der Waals surface area (Å²) in [6.45, 7) is 2.27. The zero-order valence-electron chi connectivity index (χ0n) is 12.1. The van der Waals surface area contributed by atoms with Crippen molar-refractivity contribution in [1.82, 2.24) is 0 Å². The van der Waals surface area contributed by atoms with Gasteiger partial charge in [0, 0.05) is 29.5 Å². The minimum atomic E-state index is -0.0135. The van der Waals surface area contributed by atoms with Gasteiger partial charge in [0.05, 0.1) is 6.61 Å². The van der Waals surface area contributed by atoms with Gasteiger partial charge in [0.1, 0.15) is 0 Å². The van der Waals surface area contributed by atoms with E-state index < -0.39 is 0 Å². The van der Waals surface area contributed by atoms with E-state index in [-0.39, 0.29) is 12.4 Å². The smallest absolute Gasteiger partial charge is 0.161 e. The lowest BCUT2D eigenvalue weighted by molar-refractivity contribution is 0.101. The fourth-order valence-electron chi connectivity index (χ4n) is 3.07. The summed E-state index contributed by atoms with van der Waals surface area (Å²) in [5, 5.41) is 9.31. The molecule has 1 aromatic carbocycles. The van der Waals surface area contributed by atoms with Crippen LogP contribution in [0.3, 0.4) is 0 Å². The number of aliphatic hydroxyl groups excluding tert-OH is 1. The third-order valence-electron chi connectivity index (χ3n) is 4.10. The highest BCUT2D eigenvalue weighted by Crippen LogP contribution is 2.29. The predicted octanol–water partition coefficient (Wildman–Crippen LogP) is 2.60. The number of anilines is 2. The van der Waals surface area contributed by atoms with Crippen LogP contribution in [0.4, 0.5) is 11.4 Å². The van der Waals surface area contributed by atoms with Crippen molar-refractivity contribution in [3.63, 3.8) is 0 Å². The van der Waals surface area contributed by atoms with Crippen molar-refractivity contribution >= 4 is 17.2 Å². The van der Waals surface area contributed by atoms with E-state index in [2.05, 4.69) is 4.90 Å². The Morgan fingerprint density at radius 1 is 1.35 bits per heavy atom. The summed E-state index contributed by atoms with van der Waals surface area (Å²) in [6.07, 6.45) is 6.11. The van der Waals surface area contributed by atoms with Crippen molar-refractivity contribution in [3.8, 4) is 0 Å². The molecule has 0 radical (unpaired) electrons. The average Bonchev–Trinajstić information content (AvgIpc) is 2.45. The summed E-state index contributed by atoms with van der Waals surface area (Å²) < 4.78 is 0. The average molecular weight is 276 g/mol. The SMILES string of the molecule is CC(=O)c1ccc(N(CCO)C2CCCCC2)cc1N. The number of carbonyl (C=O) groups excluding carboxylic acids is 1. The zero-order valence-corrected chi connectivity index (χ0v) is 12.1. The first kappa shape index (κ1) is 14.9. The molecule has 20 heavy (non-hydrogen) atoms. The van der Waals surface area contributed by atoms with Crippen LogP contribution in [0, 0.1) is 0 Å². The van der Waals surface area contributed by atoms with E-state index in [1.54, 1.807) is 6.07 Å². The summed E-state index contributed by atoms with van der Waals surface area (Å²) in [5.74, 6) is -0.0135. The van der Waals surface area contributed by atoms with Crippen molar-refractivity contribution in [1.29, 1.82) is 0 Å². The van der Waals surface area contributed by atoms with E-state index in [4.69, 9.17) is 5.73 Å². The second-order valence-corrected chi connectivity index (χ2v) is 5.54. The number of rotatable bonds is 5. The van der Waals surface area contributed by atoms with Crippen molar-refractivity contribution in [2.75, 3.05) is 23.8 Å². The van der Waals surface area contributed by atoms with Gasteiger partial charge in [-0.3, -0.25) is 4.79 Å². The third kappa shape index (κ3) is 3.31. The molecular formula is C16H24N2O2. The molecule has 0 amide bonds. The van der Waals surface area contributed by atoms with Gasteiger partial charge in [-0.05, 0) is 38.0 Å². The van der Waals surface area contributed by atoms with Crippen LogP contribution >= 0.6 is 0 Å². The van der Waals surface area contributed by atoms with Crippen LogP contribution in [0.25, 0.3) is 0 Å². The molecule has 0 aliphatic heterocycles. The fourth-order valence-corrected chi connectivity index (χ4v) is 3.07. The minimum Gasteiger partial charge on any atom is -0.398 e. The number of ketones is 1. The molecule has 1 aliphatic rings. The zero-order chi connectivity index (χ0) is 14.5. The Kier molecular flexibility index (Phi) is 5.01. The summed E-state index contributed by atoms with van der Waals surface area (Å²) in [4.78, 5) is 13.7. The summed E-state index contributed by atoms with van der Waals surface area (Å²) in [7, 11) is 0. The molecule has 0 atom stereocenters. The number of nitrogens with two attached hydrogens (primary N) is 1. The number of carbonyl (C=O) groups is 1. The quantitative estimate of drug-likeness (QED) is 0.641. The molecule has 4 nitrogen and oxygen atoms in total. The Morgan fingerprint density at radius 2 is 2.05 bits per heavy atom. The second kappa shape index (κ2) is 6.75. The first-order valence-electron chi connectivity index (χ1n) is 7.41. The van der Waals surface area contributed by atoms with Gasteiger partial charge in [-0.1, -0.05) is 19.3 Å². The number of nitrogens with zero attached hydrogens (tertiary/aromatic N) is 1. The molecule has 1 aromatic rings. The van der Waals surface area contributed by atoms with Gasteiger partial charge in [-0.15, -0.1) is 0 Å². The first-order chi connectivity index (χ1) is 9.63. The van der Waals surface area contributed by atoms with Crippen LogP contribution in [0.2, 0.25) is 0 Å². The number of Topliss-reactive ketones (excluding diaryl/α,β-unsaturated/α-hetero) is 1. The van der Waals surface area contributed by atoms with Gasteiger partial charge in [0.25, 0.3) is 0 Å². The van der Waals surface area contributed by atoms with Gasteiger partial charge < -0.3 is 15.7 Å². The van der Waals surface area contributed by atoms with Gasteiger partial charge in [-0.2, -0.15) is 0 Å². The second-order valence-electron chi connectivity index (χ2n) is 5.54. The van der Waals surface area contributed by atoms with Crippen LogP contribution in [-0.4, -0.2) is 30.1 Å². The first-order valence-corrected chi connectivity index (χ1v) is 7.41.